The van der Waals surface area contributed by atoms with Crippen molar-refractivity contribution < 1.29 is 14.6 Å². The van der Waals surface area contributed by atoms with Gasteiger partial charge in [0.25, 0.3) is 0 Å². The van der Waals surface area contributed by atoms with Crippen LogP contribution in [0.2, 0.25) is 0 Å². The molecule has 6 nitrogen and oxygen atoms in total. The predicted octanol–water partition coefficient (Wildman–Crippen LogP) is 4.31. The standard InChI is InChI=1S/C26H29N3O3/c30-22(15-32-14-16-4-2-1-3-5-16)21-13-28-25-20(6-7-27-25)24(21)29-23-18-8-17-9-19(23)12-26(31,10-17)11-18/h1-7,13,17-19,23,31H,8-12,14-15H2,(H2,27,28,29)/t17?,18-,19+,23?,26?. The van der Waals surface area contributed by atoms with Gasteiger partial charge in [0.05, 0.1) is 23.5 Å². The number of nitrogens with zero attached hydrogens (tertiary/aromatic N) is 1. The molecule has 7 rings (SSSR count). The van der Waals surface area contributed by atoms with Crippen LogP contribution in [0.3, 0.4) is 0 Å². The third-order valence-electron chi connectivity index (χ3n) is 7.78. The molecule has 32 heavy (non-hydrogen) atoms. The number of carbonyl (C=O) groups excluding carboxylic acids is 1. The first-order valence-electron chi connectivity index (χ1n) is 11.7. The van der Waals surface area contributed by atoms with Gasteiger partial charge in [0, 0.05) is 23.8 Å². The third kappa shape index (κ3) is 3.51. The summed E-state index contributed by atoms with van der Waals surface area (Å²) in [6.07, 6.45) is 8.56. The number of hydrogen-bond donors (Lipinski definition) is 3. The molecule has 4 saturated carbocycles. The molecule has 0 spiro atoms. The van der Waals surface area contributed by atoms with Gasteiger partial charge in [-0.1, -0.05) is 30.3 Å². The van der Waals surface area contributed by atoms with Gasteiger partial charge in [0.15, 0.2) is 5.78 Å². The lowest BCUT2D eigenvalue weighted by atomic mass is 9.52. The molecule has 0 radical (unpaired) electrons. The number of hydrogen-bond acceptors (Lipinski definition) is 5. The van der Waals surface area contributed by atoms with E-state index in [0.29, 0.717) is 29.9 Å². The molecule has 3 N–H and O–H groups in total. The Bertz CT molecular complexity index is 1130. The quantitative estimate of drug-likeness (QED) is 0.485. The third-order valence-corrected chi connectivity index (χ3v) is 7.78. The Labute approximate surface area is 187 Å². The fraction of sp³-hybridized carbons (Fsp3) is 0.462. The van der Waals surface area contributed by atoms with Crippen molar-refractivity contribution in [2.75, 3.05) is 11.9 Å². The minimum atomic E-state index is -0.472. The highest BCUT2D eigenvalue weighted by atomic mass is 16.5. The Hall–Kier alpha value is -2.70. The van der Waals surface area contributed by atoms with Gasteiger partial charge in [-0.15, -0.1) is 0 Å². The summed E-state index contributed by atoms with van der Waals surface area (Å²) in [5, 5.41) is 15.7. The second-order valence-electron chi connectivity index (χ2n) is 10.1. The number of rotatable bonds is 7. The molecule has 5 atom stereocenters. The molecule has 3 unspecified atom stereocenters. The summed E-state index contributed by atoms with van der Waals surface area (Å²) in [5.41, 5.74) is 2.79. The lowest BCUT2D eigenvalue weighted by molar-refractivity contribution is -0.129. The number of aromatic amines is 1. The van der Waals surface area contributed by atoms with E-state index in [0.717, 1.165) is 41.5 Å². The zero-order valence-corrected chi connectivity index (χ0v) is 18.1. The highest BCUT2D eigenvalue weighted by Gasteiger charge is 2.54. The van der Waals surface area contributed by atoms with E-state index in [1.807, 2.05) is 42.6 Å². The maximum Gasteiger partial charge on any atom is 0.192 e. The molecule has 2 aromatic heterocycles. The van der Waals surface area contributed by atoms with E-state index in [1.54, 1.807) is 6.20 Å². The molecule has 1 aromatic carbocycles. The SMILES string of the molecule is O=C(COCc1ccccc1)c1cnc2[nH]ccc2c1NC1[C@@H]2CC3C[C@H]1CC(O)(C3)C2. The van der Waals surface area contributed by atoms with Crippen molar-refractivity contribution in [1.82, 2.24) is 9.97 Å². The first-order chi connectivity index (χ1) is 15.6. The Morgan fingerprint density at radius 2 is 1.94 bits per heavy atom. The average molecular weight is 432 g/mol. The maximum absolute atomic E-state index is 13.2. The molecule has 4 aliphatic carbocycles. The van der Waals surface area contributed by atoms with Gasteiger partial charge < -0.3 is 20.1 Å². The number of anilines is 1. The summed E-state index contributed by atoms with van der Waals surface area (Å²) in [6, 6.07) is 12.1. The van der Waals surface area contributed by atoms with Gasteiger partial charge >= 0.3 is 0 Å². The first-order valence-corrected chi connectivity index (χ1v) is 11.7. The van der Waals surface area contributed by atoms with Gasteiger partial charge in [-0.25, -0.2) is 4.98 Å². The van der Waals surface area contributed by atoms with Crippen LogP contribution in [-0.4, -0.2) is 39.1 Å². The molecule has 2 heterocycles. The fourth-order valence-corrected chi connectivity index (χ4v) is 6.67. The number of ketones is 1. The summed E-state index contributed by atoms with van der Waals surface area (Å²) in [4.78, 5) is 20.8. The Kier molecular flexibility index (Phi) is 4.81. The van der Waals surface area contributed by atoms with Crippen LogP contribution in [-0.2, 0) is 11.3 Å². The molecule has 0 saturated heterocycles. The Balaban J connectivity index is 1.24. The van der Waals surface area contributed by atoms with E-state index in [-0.39, 0.29) is 18.4 Å². The number of fused-ring (bicyclic) bond motifs is 1. The topological polar surface area (TPSA) is 87.2 Å². The highest BCUT2D eigenvalue weighted by Crippen LogP contribution is 2.56. The van der Waals surface area contributed by atoms with Crippen molar-refractivity contribution in [1.29, 1.82) is 0 Å². The summed E-state index contributed by atoms with van der Waals surface area (Å²) < 4.78 is 5.74. The van der Waals surface area contributed by atoms with Crippen LogP contribution in [0.4, 0.5) is 5.69 Å². The summed E-state index contributed by atoms with van der Waals surface area (Å²) in [5.74, 6) is 1.48. The van der Waals surface area contributed by atoms with E-state index in [4.69, 9.17) is 4.74 Å². The molecular formula is C26H29N3O3. The van der Waals surface area contributed by atoms with Gasteiger partial charge in [0.2, 0.25) is 0 Å². The van der Waals surface area contributed by atoms with Crippen LogP contribution in [0.1, 0.15) is 48.0 Å². The Morgan fingerprint density at radius 3 is 2.69 bits per heavy atom. The smallest absolute Gasteiger partial charge is 0.192 e. The lowest BCUT2D eigenvalue weighted by Crippen LogP contribution is -2.59. The molecule has 4 fully saturated rings. The van der Waals surface area contributed by atoms with E-state index in [2.05, 4.69) is 15.3 Å². The number of aliphatic hydroxyl groups is 1. The van der Waals surface area contributed by atoms with Crippen LogP contribution in [0.25, 0.3) is 11.0 Å². The minimum Gasteiger partial charge on any atom is -0.390 e. The molecule has 0 amide bonds. The summed E-state index contributed by atoms with van der Waals surface area (Å²) in [7, 11) is 0. The van der Waals surface area contributed by atoms with Gasteiger partial charge in [-0.3, -0.25) is 4.79 Å². The van der Waals surface area contributed by atoms with Gasteiger partial charge in [0.1, 0.15) is 12.3 Å². The van der Waals surface area contributed by atoms with E-state index < -0.39 is 5.60 Å². The van der Waals surface area contributed by atoms with Gasteiger partial charge in [-0.05, 0) is 61.5 Å². The van der Waals surface area contributed by atoms with Crippen molar-refractivity contribution in [2.45, 2.75) is 50.4 Å². The number of pyridine rings is 1. The monoisotopic (exact) mass is 431 g/mol. The number of H-pyrrole nitrogens is 1. The number of carbonyl (C=O) groups is 1. The molecular weight excluding hydrogens is 402 g/mol. The summed E-state index contributed by atoms with van der Waals surface area (Å²) in [6.45, 7) is 0.419. The van der Waals surface area contributed by atoms with Crippen molar-refractivity contribution in [3.05, 3.63) is 59.9 Å². The largest absolute Gasteiger partial charge is 0.390 e. The van der Waals surface area contributed by atoms with Crippen LogP contribution in [0.15, 0.2) is 48.8 Å². The molecule has 166 valence electrons. The normalized spacial score (nSPS) is 30.7. The molecule has 4 bridgehead atoms. The zero-order valence-electron chi connectivity index (χ0n) is 18.1. The lowest BCUT2D eigenvalue weighted by Gasteiger charge is -2.58. The average Bonchev–Trinajstić information content (AvgIpc) is 3.25. The molecule has 3 aromatic rings. The molecule has 6 heteroatoms. The number of Topliss-reactive ketones (excluding diaryl/α,β-unsaturated/α-hetero) is 1. The number of nitrogens with one attached hydrogen (secondary N) is 2. The second-order valence-corrected chi connectivity index (χ2v) is 10.1. The first kappa shape index (κ1) is 19.9. The number of aromatic nitrogens is 2. The summed E-state index contributed by atoms with van der Waals surface area (Å²) >= 11 is 0. The van der Waals surface area contributed by atoms with Crippen LogP contribution in [0.5, 0.6) is 0 Å². The number of benzene rings is 1. The molecule has 0 aliphatic heterocycles. The van der Waals surface area contributed by atoms with Crippen LogP contribution < -0.4 is 5.32 Å². The number of ether oxygens (including phenoxy) is 1. The fourth-order valence-electron chi connectivity index (χ4n) is 6.67. The predicted molar refractivity (Wildman–Crippen MR) is 122 cm³/mol. The van der Waals surface area contributed by atoms with E-state index >= 15 is 0 Å². The van der Waals surface area contributed by atoms with Crippen LogP contribution >= 0.6 is 0 Å². The Morgan fingerprint density at radius 1 is 1.16 bits per heavy atom. The second kappa shape index (κ2) is 7.71. The minimum absolute atomic E-state index is 0.0144. The van der Waals surface area contributed by atoms with Crippen molar-refractivity contribution in [3.63, 3.8) is 0 Å². The van der Waals surface area contributed by atoms with Crippen molar-refractivity contribution in [2.24, 2.45) is 17.8 Å². The van der Waals surface area contributed by atoms with E-state index in [9.17, 15) is 9.90 Å². The van der Waals surface area contributed by atoms with Gasteiger partial charge in [-0.2, -0.15) is 0 Å². The highest BCUT2D eigenvalue weighted by molar-refractivity contribution is 6.08. The molecule has 4 aliphatic rings. The zero-order chi connectivity index (χ0) is 21.7. The maximum atomic E-state index is 13.2. The van der Waals surface area contributed by atoms with Crippen LogP contribution in [0, 0.1) is 17.8 Å². The van der Waals surface area contributed by atoms with E-state index in [1.165, 1.54) is 12.8 Å². The van der Waals surface area contributed by atoms with Crippen molar-refractivity contribution in [3.8, 4) is 0 Å². The van der Waals surface area contributed by atoms with Crippen molar-refractivity contribution >= 4 is 22.5 Å².